The smallest absolute Gasteiger partial charge is 0.272 e. The van der Waals surface area contributed by atoms with Gasteiger partial charge < -0.3 is 16.0 Å². The van der Waals surface area contributed by atoms with Gasteiger partial charge in [0.05, 0.1) is 5.75 Å². The molecule has 3 N–H and O–H groups in total. The van der Waals surface area contributed by atoms with Crippen LogP contribution in [-0.2, 0) is 9.59 Å². The molecule has 0 saturated heterocycles. The molecule has 40 heavy (non-hydrogen) atoms. The van der Waals surface area contributed by atoms with Crippen molar-refractivity contribution in [2.75, 3.05) is 16.4 Å². The molecule has 0 saturated carbocycles. The van der Waals surface area contributed by atoms with Gasteiger partial charge in [-0.15, -0.1) is 11.8 Å². The van der Waals surface area contributed by atoms with Crippen LogP contribution in [0.3, 0.4) is 0 Å². The summed E-state index contributed by atoms with van der Waals surface area (Å²) < 4.78 is 0.902. The second kappa shape index (κ2) is 14.0. The fourth-order valence-electron chi connectivity index (χ4n) is 3.57. The van der Waals surface area contributed by atoms with E-state index >= 15 is 0 Å². The van der Waals surface area contributed by atoms with Crippen LogP contribution in [0.5, 0.6) is 0 Å². The van der Waals surface area contributed by atoms with E-state index in [1.165, 1.54) is 11.8 Å². The van der Waals surface area contributed by atoms with Crippen LogP contribution < -0.4 is 16.0 Å². The second-order valence-electron chi connectivity index (χ2n) is 8.70. The molecule has 0 radical (unpaired) electrons. The number of benzene rings is 4. The van der Waals surface area contributed by atoms with Crippen molar-refractivity contribution in [3.05, 3.63) is 129 Å². The third-order valence-electron chi connectivity index (χ3n) is 5.67. The third-order valence-corrected chi connectivity index (χ3v) is 7.44. The number of nitrogens with one attached hydrogen (secondary N) is 3. The van der Waals surface area contributed by atoms with Crippen molar-refractivity contribution in [1.82, 2.24) is 5.32 Å². The maximum Gasteiger partial charge on any atom is 0.272 e. The second-order valence-corrected chi connectivity index (χ2v) is 11.1. The van der Waals surface area contributed by atoms with Gasteiger partial charge in [-0.25, -0.2) is 0 Å². The number of amides is 3. The Bertz CT molecular complexity index is 1540. The van der Waals surface area contributed by atoms with Gasteiger partial charge in [0.15, 0.2) is 0 Å². The van der Waals surface area contributed by atoms with E-state index in [-0.39, 0.29) is 17.4 Å². The van der Waals surface area contributed by atoms with E-state index in [1.54, 1.807) is 54.6 Å². The zero-order valence-corrected chi connectivity index (χ0v) is 24.6. The molecule has 4 aromatic rings. The lowest BCUT2D eigenvalue weighted by Crippen LogP contribution is -2.30. The quantitative estimate of drug-likeness (QED) is 0.131. The lowest BCUT2D eigenvalue weighted by Gasteiger charge is -2.12. The molecule has 3 amide bonds. The summed E-state index contributed by atoms with van der Waals surface area (Å²) in [5, 5.41) is 9.00. The number of carbonyl (C=O) groups excluding carboxylic acids is 3. The highest BCUT2D eigenvalue weighted by atomic mass is 79.9. The highest BCUT2D eigenvalue weighted by Gasteiger charge is 2.15. The molecule has 0 bridgehead atoms. The summed E-state index contributed by atoms with van der Waals surface area (Å²) in [7, 11) is 0. The Kier molecular flexibility index (Phi) is 10.2. The molecule has 4 rings (SSSR count). The number of halogens is 2. The van der Waals surface area contributed by atoms with Crippen LogP contribution in [0.15, 0.2) is 112 Å². The van der Waals surface area contributed by atoms with Crippen LogP contribution >= 0.6 is 39.3 Å². The number of anilines is 2. The highest BCUT2D eigenvalue weighted by Crippen LogP contribution is 2.23. The van der Waals surface area contributed by atoms with Crippen LogP contribution in [0.2, 0.25) is 5.02 Å². The van der Waals surface area contributed by atoms with Crippen molar-refractivity contribution in [2.45, 2.75) is 11.8 Å². The van der Waals surface area contributed by atoms with Crippen LogP contribution in [0.25, 0.3) is 6.08 Å². The summed E-state index contributed by atoms with van der Waals surface area (Å²) in [5.41, 5.74) is 3.44. The van der Waals surface area contributed by atoms with Gasteiger partial charge in [-0.05, 0) is 84.8 Å². The Labute approximate surface area is 250 Å². The van der Waals surface area contributed by atoms with E-state index in [2.05, 4.69) is 31.9 Å². The zero-order chi connectivity index (χ0) is 28.5. The molecular formula is C31H25BrClN3O3S. The zero-order valence-electron chi connectivity index (χ0n) is 21.4. The third kappa shape index (κ3) is 8.58. The molecule has 202 valence electrons. The van der Waals surface area contributed by atoms with Crippen molar-refractivity contribution in [3.8, 4) is 0 Å². The van der Waals surface area contributed by atoms with Crippen LogP contribution in [0, 0.1) is 6.92 Å². The van der Waals surface area contributed by atoms with Gasteiger partial charge >= 0.3 is 0 Å². The molecule has 0 aromatic heterocycles. The molecule has 0 unspecified atom stereocenters. The highest BCUT2D eigenvalue weighted by molar-refractivity contribution is 9.10. The molecule has 0 fully saturated rings. The lowest BCUT2D eigenvalue weighted by molar-refractivity contribution is -0.114. The van der Waals surface area contributed by atoms with E-state index in [0.717, 1.165) is 20.5 Å². The first-order valence-corrected chi connectivity index (χ1v) is 14.4. The Morgan fingerprint density at radius 1 is 0.875 bits per heavy atom. The maximum absolute atomic E-state index is 13.2. The van der Waals surface area contributed by atoms with Gasteiger partial charge in [-0.2, -0.15) is 0 Å². The van der Waals surface area contributed by atoms with Crippen molar-refractivity contribution < 1.29 is 14.4 Å². The van der Waals surface area contributed by atoms with Crippen LogP contribution in [0.1, 0.15) is 21.5 Å². The minimum Gasteiger partial charge on any atom is -0.325 e. The average molecular weight is 635 g/mol. The summed E-state index contributed by atoms with van der Waals surface area (Å²) >= 11 is 10.8. The SMILES string of the molecule is Cc1ccc(Cl)cc1NC(=O)CSc1ccc(NC(=O)/C(=C/c2ccc(Br)cc2)NC(=O)c2ccccc2)cc1. The number of hydrogen-bond donors (Lipinski definition) is 3. The predicted octanol–water partition coefficient (Wildman–Crippen LogP) is 7.55. The summed E-state index contributed by atoms with van der Waals surface area (Å²) in [6.45, 7) is 1.90. The fraction of sp³-hybridized carbons (Fsp3) is 0.0645. The van der Waals surface area contributed by atoms with Gasteiger partial charge in [0, 0.05) is 31.3 Å². The standard InChI is InChI=1S/C31H25BrClN3O3S/c1-20-7-12-24(33)18-27(20)35-29(37)19-40-26-15-13-25(14-16-26)34-31(39)28(17-21-8-10-23(32)11-9-21)36-30(38)22-5-3-2-4-6-22/h2-18H,19H2,1H3,(H,34,39)(H,35,37)(H,36,38)/b28-17-. The van der Waals surface area contributed by atoms with Crippen molar-refractivity contribution >= 4 is 74.5 Å². The lowest BCUT2D eigenvalue weighted by atomic mass is 10.1. The molecule has 6 nitrogen and oxygen atoms in total. The normalized spacial score (nSPS) is 11.0. The summed E-state index contributed by atoms with van der Waals surface area (Å²) in [6, 6.07) is 28.5. The topological polar surface area (TPSA) is 87.3 Å². The van der Waals surface area contributed by atoms with Gasteiger partial charge in [0.1, 0.15) is 5.70 Å². The number of aryl methyl sites for hydroxylation is 1. The van der Waals surface area contributed by atoms with E-state index in [0.29, 0.717) is 22.0 Å². The minimum absolute atomic E-state index is 0.0996. The molecule has 0 heterocycles. The Balaban J connectivity index is 1.40. The maximum atomic E-state index is 13.2. The summed E-state index contributed by atoms with van der Waals surface area (Å²) in [6.07, 6.45) is 1.62. The van der Waals surface area contributed by atoms with Gasteiger partial charge in [-0.3, -0.25) is 14.4 Å². The molecule has 0 spiro atoms. The Hall–Kier alpha value is -3.85. The van der Waals surface area contributed by atoms with E-state index in [4.69, 9.17) is 11.6 Å². The summed E-state index contributed by atoms with van der Waals surface area (Å²) in [5.74, 6) is -0.797. The molecule has 4 aromatic carbocycles. The molecule has 0 aliphatic carbocycles. The Morgan fingerprint density at radius 3 is 2.27 bits per heavy atom. The van der Waals surface area contributed by atoms with Gasteiger partial charge in [0.25, 0.3) is 11.8 Å². The fourth-order valence-corrected chi connectivity index (χ4v) is 4.70. The van der Waals surface area contributed by atoms with Gasteiger partial charge in [-0.1, -0.05) is 63.9 Å². The molecule has 0 atom stereocenters. The predicted molar refractivity (Wildman–Crippen MR) is 167 cm³/mol. The summed E-state index contributed by atoms with van der Waals surface area (Å²) in [4.78, 5) is 39.3. The van der Waals surface area contributed by atoms with Crippen molar-refractivity contribution in [2.24, 2.45) is 0 Å². The first kappa shape index (κ1) is 29.1. The monoisotopic (exact) mass is 633 g/mol. The number of rotatable bonds is 9. The molecule has 0 aliphatic heterocycles. The van der Waals surface area contributed by atoms with Crippen molar-refractivity contribution in [1.29, 1.82) is 0 Å². The number of carbonyl (C=O) groups is 3. The van der Waals surface area contributed by atoms with E-state index in [1.807, 2.05) is 55.5 Å². The largest absolute Gasteiger partial charge is 0.325 e. The first-order valence-electron chi connectivity index (χ1n) is 12.2. The van der Waals surface area contributed by atoms with E-state index in [9.17, 15) is 14.4 Å². The minimum atomic E-state index is -0.469. The number of hydrogen-bond acceptors (Lipinski definition) is 4. The van der Waals surface area contributed by atoms with E-state index < -0.39 is 11.8 Å². The van der Waals surface area contributed by atoms with Crippen molar-refractivity contribution in [3.63, 3.8) is 0 Å². The Morgan fingerprint density at radius 2 is 1.57 bits per heavy atom. The average Bonchev–Trinajstić information content (AvgIpc) is 2.96. The van der Waals surface area contributed by atoms with Crippen LogP contribution in [-0.4, -0.2) is 23.5 Å². The molecule has 0 aliphatic rings. The number of thioether (sulfide) groups is 1. The molecule has 9 heteroatoms. The van der Waals surface area contributed by atoms with Crippen LogP contribution in [0.4, 0.5) is 11.4 Å². The van der Waals surface area contributed by atoms with Gasteiger partial charge in [0.2, 0.25) is 5.91 Å². The molecular weight excluding hydrogens is 610 g/mol. The first-order chi connectivity index (χ1) is 19.3.